The van der Waals surface area contributed by atoms with Crippen molar-refractivity contribution < 1.29 is 19.4 Å². The van der Waals surface area contributed by atoms with E-state index in [0.29, 0.717) is 12.1 Å². The molecule has 3 atom stereocenters. The van der Waals surface area contributed by atoms with E-state index in [0.717, 1.165) is 22.8 Å². The van der Waals surface area contributed by atoms with Gasteiger partial charge in [-0.2, -0.15) is 0 Å². The monoisotopic (exact) mass is 368 g/mol. The fourth-order valence-electron chi connectivity index (χ4n) is 3.05. The molecule has 0 saturated carbocycles. The van der Waals surface area contributed by atoms with Gasteiger partial charge in [-0.05, 0) is 40.9 Å². The molecule has 0 aromatic carbocycles. The molecule has 2 heterocycles. The van der Waals surface area contributed by atoms with Crippen molar-refractivity contribution in [2.75, 3.05) is 33.0 Å². The van der Waals surface area contributed by atoms with E-state index >= 15 is 0 Å². The summed E-state index contributed by atoms with van der Waals surface area (Å²) in [6, 6.07) is -0.125. The number of rotatable bonds is 8. The van der Waals surface area contributed by atoms with Crippen molar-refractivity contribution in [1.29, 1.82) is 0 Å². The normalized spacial score (nSPS) is 23.5. The Kier molecular flexibility index (Phi) is 6.71. The lowest BCUT2D eigenvalue weighted by Crippen LogP contribution is -2.61. The van der Waals surface area contributed by atoms with Crippen LogP contribution in [0.15, 0.2) is 22.3 Å². The summed E-state index contributed by atoms with van der Waals surface area (Å²) in [6.45, 7) is 6.59. The van der Waals surface area contributed by atoms with Gasteiger partial charge in [-0.3, -0.25) is 4.79 Å². The highest BCUT2D eigenvalue weighted by Crippen LogP contribution is 2.47. The van der Waals surface area contributed by atoms with Crippen molar-refractivity contribution in [2.24, 2.45) is 5.92 Å². The van der Waals surface area contributed by atoms with Crippen LogP contribution in [0.1, 0.15) is 27.2 Å². The molecule has 1 saturated heterocycles. The van der Waals surface area contributed by atoms with E-state index in [2.05, 4.69) is 4.90 Å². The fourth-order valence-corrected chi connectivity index (χ4v) is 4.36. The molecule has 2 aliphatic heterocycles. The number of carbonyl (C=O) groups excluding carboxylic acids is 2. The van der Waals surface area contributed by atoms with Crippen LogP contribution in [0.25, 0.3) is 0 Å². The first-order chi connectivity index (χ1) is 11.7. The van der Waals surface area contributed by atoms with Gasteiger partial charge in [0.1, 0.15) is 12.3 Å². The molecule has 1 fully saturated rings. The van der Waals surface area contributed by atoms with Crippen LogP contribution >= 0.6 is 11.8 Å². The van der Waals surface area contributed by atoms with Crippen LogP contribution in [0.3, 0.4) is 0 Å². The number of nitrogens with zero attached hydrogens (tertiary/aromatic N) is 2. The van der Waals surface area contributed by atoms with Crippen LogP contribution in [0.5, 0.6) is 0 Å². The number of carbonyl (C=O) groups is 2. The Hall–Kier alpha value is -1.31. The molecule has 25 heavy (non-hydrogen) atoms. The maximum absolute atomic E-state index is 12.6. The number of hydrogen-bond acceptors (Lipinski definition) is 6. The second-order valence-corrected chi connectivity index (χ2v) is 8.24. The van der Waals surface area contributed by atoms with Crippen molar-refractivity contribution in [3.63, 3.8) is 0 Å². The first-order valence-corrected chi connectivity index (χ1v) is 9.55. The Morgan fingerprint density at radius 2 is 2.16 bits per heavy atom. The molecule has 0 unspecified atom stereocenters. The Morgan fingerprint density at radius 1 is 1.48 bits per heavy atom. The molecule has 0 aliphatic carbocycles. The Bertz CT molecular complexity index is 594. The molecule has 140 valence electrons. The predicted octanol–water partition coefficient (Wildman–Crippen LogP) is 1.61. The average molecular weight is 368 g/mol. The second kappa shape index (κ2) is 8.38. The molecule has 1 N–H and O–H groups in total. The molecule has 7 heteroatoms. The minimum Gasteiger partial charge on any atom is -0.457 e. The number of thioether (sulfide) groups is 1. The van der Waals surface area contributed by atoms with E-state index in [4.69, 9.17) is 4.74 Å². The summed E-state index contributed by atoms with van der Waals surface area (Å²) in [5, 5.41) is 9.85. The molecule has 0 spiro atoms. The maximum atomic E-state index is 12.6. The second-order valence-electron chi connectivity index (χ2n) is 7.05. The van der Waals surface area contributed by atoms with Crippen LogP contribution in [0, 0.1) is 5.92 Å². The lowest BCUT2D eigenvalue weighted by molar-refractivity contribution is -0.162. The van der Waals surface area contributed by atoms with E-state index < -0.39 is 18.0 Å². The third kappa shape index (κ3) is 4.46. The minimum absolute atomic E-state index is 0.125. The van der Waals surface area contributed by atoms with Gasteiger partial charge in [0.25, 0.3) is 0 Å². The number of esters is 1. The van der Waals surface area contributed by atoms with E-state index in [1.165, 1.54) is 4.90 Å². The van der Waals surface area contributed by atoms with Crippen LogP contribution in [-0.2, 0) is 14.3 Å². The summed E-state index contributed by atoms with van der Waals surface area (Å²) in [5.74, 6) is -0.226. The van der Waals surface area contributed by atoms with E-state index in [9.17, 15) is 14.7 Å². The van der Waals surface area contributed by atoms with Crippen molar-refractivity contribution in [3.8, 4) is 0 Å². The summed E-state index contributed by atoms with van der Waals surface area (Å²) in [4.78, 5) is 29.5. The molecule has 2 aliphatic rings. The molecule has 6 nitrogen and oxygen atoms in total. The number of fused-ring (bicyclic) bond motifs is 1. The number of ether oxygens (including phenoxy) is 1. The van der Waals surface area contributed by atoms with Crippen molar-refractivity contribution in [3.05, 3.63) is 22.3 Å². The van der Waals surface area contributed by atoms with Gasteiger partial charge in [0.05, 0.1) is 18.1 Å². The zero-order valence-corrected chi connectivity index (χ0v) is 16.4. The third-order valence-corrected chi connectivity index (χ3v) is 5.50. The largest absolute Gasteiger partial charge is 0.457 e. The highest BCUT2D eigenvalue weighted by atomic mass is 32.2. The third-order valence-electron chi connectivity index (χ3n) is 4.40. The fraction of sp³-hybridized carbons (Fsp3) is 0.667. The molecular formula is C18H28N2O4S. The SMILES string of the molecule is CC(C)=CCOC(=O)C1=C(SCCN(C)C)C[C@@H]2[C@@H]([C@@H](C)O)C(=O)N12. The van der Waals surface area contributed by atoms with Gasteiger partial charge in [0.15, 0.2) is 0 Å². The van der Waals surface area contributed by atoms with Crippen molar-refractivity contribution >= 4 is 23.6 Å². The van der Waals surface area contributed by atoms with Crippen LogP contribution < -0.4 is 0 Å². The molecular weight excluding hydrogens is 340 g/mol. The molecule has 0 bridgehead atoms. The Morgan fingerprint density at radius 3 is 2.72 bits per heavy atom. The van der Waals surface area contributed by atoms with Gasteiger partial charge in [-0.15, -0.1) is 11.8 Å². The highest BCUT2D eigenvalue weighted by Gasteiger charge is 2.56. The molecule has 0 aromatic rings. The molecule has 0 radical (unpaired) electrons. The van der Waals surface area contributed by atoms with Gasteiger partial charge in [-0.25, -0.2) is 4.79 Å². The predicted molar refractivity (Wildman–Crippen MR) is 98.8 cm³/mol. The zero-order chi connectivity index (χ0) is 18.7. The van der Waals surface area contributed by atoms with Crippen LogP contribution in [0.2, 0.25) is 0 Å². The zero-order valence-electron chi connectivity index (χ0n) is 15.6. The van der Waals surface area contributed by atoms with Crippen LogP contribution in [-0.4, -0.2) is 71.9 Å². The molecule has 2 rings (SSSR count). The summed E-state index contributed by atoms with van der Waals surface area (Å²) in [5.41, 5.74) is 1.44. The highest BCUT2D eigenvalue weighted by molar-refractivity contribution is 8.03. The molecule has 0 aromatic heterocycles. The Balaban J connectivity index is 2.14. The number of aliphatic hydroxyl groups excluding tert-OH is 1. The first kappa shape index (κ1) is 20.0. The van der Waals surface area contributed by atoms with Crippen molar-refractivity contribution in [1.82, 2.24) is 9.80 Å². The number of β-lactam (4-membered cyclic amide) rings is 1. The molecule has 1 amide bonds. The number of aliphatic hydroxyl groups is 1. The summed E-state index contributed by atoms with van der Waals surface area (Å²) < 4.78 is 5.34. The number of allylic oxidation sites excluding steroid dienone is 1. The van der Waals surface area contributed by atoms with E-state index in [1.807, 2.05) is 34.0 Å². The maximum Gasteiger partial charge on any atom is 0.356 e. The standard InChI is InChI=1S/C18H28N2O4S/c1-11(2)6-8-24-18(23)16-14(25-9-7-19(4)5)10-13-15(12(3)21)17(22)20(13)16/h6,12-13,15,21H,7-10H2,1-5H3/t12-,13-,15-/m1/s1. The summed E-state index contributed by atoms with van der Waals surface area (Å²) in [6.07, 6.45) is 1.75. The topological polar surface area (TPSA) is 70.1 Å². The average Bonchev–Trinajstić information content (AvgIpc) is 2.80. The Labute approximate surface area is 153 Å². The van der Waals surface area contributed by atoms with E-state index in [1.54, 1.807) is 18.7 Å². The van der Waals surface area contributed by atoms with Gasteiger partial charge in [-0.1, -0.05) is 5.57 Å². The lowest BCUT2D eigenvalue weighted by atomic mass is 9.83. The quantitative estimate of drug-likeness (QED) is 0.399. The number of amides is 1. The summed E-state index contributed by atoms with van der Waals surface area (Å²) in [7, 11) is 4.00. The smallest absolute Gasteiger partial charge is 0.356 e. The van der Waals surface area contributed by atoms with Gasteiger partial charge < -0.3 is 19.6 Å². The lowest BCUT2D eigenvalue weighted by Gasteiger charge is -2.44. The number of hydrogen-bond donors (Lipinski definition) is 1. The van der Waals surface area contributed by atoms with Gasteiger partial charge in [0.2, 0.25) is 5.91 Å². The van der Waals surface area contributed by atoms with Crippen LogP contribution in [0.4, 0.5) is 0 Å². The minimum atomic E-state index is -0.706. The summed E-state index contributed by atoms with van der Waals surface area (Å²) >= 11 is 1.60. The van der Waals surface area contributed by atoms with Gasteiger partial charge in [0, 0.05) is 23.6 Å². The van der Waals surface area contributed by atoms with Gasteiger partial charge >= 0.3 is 5.97 Å². The van der Waals surface area contributed by atoms with Crippen molar-refractivity contribution in [2.45, 2.75) is 39.3 Å². The first-order valence-electron chi connectivity index (χ1n) is 8.56. The van der Waals surface area contributed by atoms with E-state index in [-0.39, 0.29) is 18.6 Å².